The Balaban J connectivity index is 2.13. The lowest BCUT2D eigenvalue weighted by molar-refractivity contribution is 0.102. The second-order valence-electron chi connectivity index (χ2n) is 4.08. The van der Waals surface area contributed by atoms with Gasteiger partial charge in [0.15, 0.2) is 5.82 Å². The molecule has 100 valence electrons. The molecule has 0 aliphatic rings. The predicted octanol–water partition coefficient (Wildman–Crippen LogP) is 1.95. The van der Waals surface area contributed by atoms with Crippen molar-refractivity contribution >= 4 is 17.4 Å². The number of aromatic amines is 1. The molecule has 0 unspecified atom stereocenters. The van der Waals surface area contributed by atoms with Crippen molar-refractivity contribution in [3.63, 3.8) is 0 Å². The minimum Gasteiger partial charge on any atom is -0.492 e. The molecule has 1 aromatic heterocycles. The number of hydrogen-bond acceptors (Lipinski definition) is 4. The zero-order valence-corrected chi connectivity index (χ0v) is 10.9. The summed E-state index contributed by atoms with van der Waals surface area (Å²) in [7, 11) is 0. The van der Waals surface area contributed by atoms with Crippen molar-refractivity contribution in [2.75, 3.05) is 17.7 Å². The van der Waals surface area contributed by atoms with E-state index in [1.807, 2.05) is 13.8 Å². The molecule has 0 radical (unpaired) electrons. The molecule has 2 aromatic rings. The predicted molar refractivity (Wildman–Crippen MR) is 73.3 cm³/mol. The van der Waals surface area contributed by atoms with E-state index in [1.165, 1.54) is 0 Å². The van der Waals surface area contributed by atoms with E-state index < -0.39 is 0 Å². The van der Waals surface area contributed by atoms with Gasteiger partial charge in [-0.2, -0.15) is 5.10 Å². The standard InChI is InChI=1S/C13H16N4O2/c1-3-19-11-5-4-9(7-10(11)14)13(18)15-12-6-8(2)16-17-12/h4-7H,3,14H2,1-2H3,(H2,15,16,17,18). The minimum absolute atomic E-state index is 0.263. The highest BCUT2D eigenvalue weighted by molar-refractivity contribution is 6.04. The average molecular weight is 260 g/mol. The number of H-pyrrole nitrogens is 1. The normalized spacial score (nSPS) is 10.2. The van der Waals surface area contributed by atoms with E-state index in [-0.39, 0.29) is 5.91 Å². The molecular formula is C13H16N4O2. The van der Waals surface area contributed by atoms with Crippen molar-refractivity contribution in [1.82, 2.24) is 10.2 Å². The number of aryl methyl sites for hydroxylation is 1. The summed E-state index contributed by atoms with van der Waals surface area (Å²) in [4.78, 5) is 12.0. The topological polar surface area (TPSA) is 93.0 Å². The van der Waals surface area contributed by atoms with Gasteiger partial charge in [0.1, 0.15) is 5.75 Å². The smallest absolute Gasteiger partial charge is 0.256 e. The average Bonchev–Trinajstić information content (AvgIpc) is 2.77. The van der Waals surface area contributed by atoms with Crippen LogP contribution in [0.2, 0.25) is 0 Å². The van der Waals surface area contributed by atoms with E-state index in [1.54, 1.807) is 24.3 Å². The zero-order chi connectivity index (χ0) is 13.8. The number of rotatable bonds is 4. The molecule has 6 nitrogen and oxygen atoms in total. The SMILES string of the molecule is CCOc1ccc(C(=O)Nc2cc(C)[nH]n2)cc1N. The van der Waals surface area contributed by atoms with Gasteiger partial charge >= 0.3 is 0 Å². The van der Waals surface area contributed by atoms with Gasteiger partial charge in [-0.1, -0.05) is 0 Å². The lowest BCUT2D eigenvalue weighted by Crippen LogP contribution is -2.12. The molecule has 1 heterocycles. The number of aromatic nitrogens is 2. The van der Waals surface area contributed by atoms with E-state index >= 15 is 0 Å². The first kappa shape index (κ1) is 12.9. The van der Waals surface area contributed by atoms with Gasteiger partial charge < -0.3 is 15.8 Å². The van der Waals surface area contributed by atoms with E-state index in [2.05, 4.69) is 15.5 Å². The number of nitrogens with two attached hydrogens (primary N) is 1. The fourth-order valence-electron chi connectivity index (χ4n) is 1.65. The number of amides is 1. The van der Waals surface area contributed by atoms with Crippen molar-refractivity contribution in [3.8, 4) is 5.75 Å². The summed E-state index contributed by atoms with van der Waals surface area (Å²) in [5.41, 5.74) is 7.59. The van der Waals surface area contributed by atoms with Crippen LogP contribution in [0.15, 0.2) is 24.3 Å². The molecule has 1 aromatic carbocycles. The molecule has 6 heteroatoms. The fraction of sp³-hybridized carbons (Fsp3) is 0.231. The van der Waals surface area contributed by atoms with Gasteiger partial charge in [0, 0.05) is 17.3 Å². The van der Waals surface area contributed by atoms with Gasteiger partial charge in [0.2, 0.25) is 0 Å². The molecule has 0 saturated carbocycles. The number of nitrogen functional groups attached to an aromatic ring is 1. The molecule has 1 amide bonds. The summed E-state index contributed by atoms with van der Waals surface area (Å²) in [6.45, 7) is 4.26. The molecule has 0 bridgehead atoms. The van der Waals surface area contributed by atoms with Crippen LogP contribution in [0.25, 0.3) is 0 Å². The Kier molecular flexibility index (Phi) is 3.70. The number of ether oxygens (including phenoxy) is 1. The first-order chi connectivity index (χ1) is 9.10. The maximum atomic E-state index is 12.0. The van der Waals surface area contributed by atoms with Gasteiger partial charge in [-0.05, 0) is 32.0 Å². The Hall–Kier alpha value is -2.50. The highest BCUT2D eigenvalue weighted by Gasteiger charge is 2.10. The molecule has 4 N–H and O–H groups in total. The van der Waals surface area contributed by atoms with E-state index in [0.29, 0.717) is 29.4 Å². The van der Waals surface area contributed by atoms with Gasteiger partial charge in [-0.15, -0.1) is 0 Å². The number of nitrogens with one attached hydrogen (secondary N) is 2. The molecule has 0 spiro atoms. The summed E-state index contributed by atoms with van der Waals surface area (Å²) in [5, 5.41) is 9.37. The Morgan fingerprint density at radius 2 is 2.26 bits per heavy atom. The van der Waals surface area contributed by atoms with Crippen LogP contribution in [0.4, 0.5) is 11.5 Å². The highest BCUT2D eigenvalue weighted by atomic mass is 16.5. The van der Waals surface area contributed by atoms with Gasteiger partial charge in [-0.3, -0.25) is 9.89 Å². The third-order valence-corrected chi connectivity index (χ3v) is 2.52. The van der Waals surface area contributed by atoms with Crippen LogP contribution < -0.4 is 15.8 Å². The largest absolute Gasteiger partial charge is 0.492 e. The maximum Gasteiger partial charge on any atom is 0.256 e. The highest BCUT2D eigenvalue weighted by Crippen LogP contribution is 2.22. The van der Waals surface area contributed by atoms with Crippen molar-refractivity contribution in [2.24, 2.45) is 0 Å². The number of anilines is 2. The van der Waals surface area contributed by atoms with E-state index in [4.69, 9.17) is 10.5 Å². The molecule has 19 heavy (non-hydrogen) atoms. The molecular weight excluding hydrogens is 244 g/mol. The Morgan fingerprint density at radius 3 is 2.84 bits per heavy atom. The quantitative estimate of drug-likeness (QED) is 0.732. The molecule has 0 fully saturated rings. The lowest BCUT2D eigenvalue weighted by Gasteiger charge is -2.08. The van der Waals surface area contributed by atoms with E-state index in [9.17, 15) is 4.79 Å². The van der Waals surface area contributed by atoms with Crippen LogP contribution in [-0.4, -0.2) is 22.7 Å². The minimum atomic E-state index is -0.263. The van der Waals surface area contributed by atoms with E-state index in [0.717, 1.165) is 5.69 Å². The molecule has 2 rings (SSSR count). The molecule has 0 aliphatic heterocycles. The number of carbonyl (C=O) groups excluding carboxylic acids is 1. The zero-order valence-electron chi connectivity index (χ0n) is 10.9. The van der Waals surface area contributed by atoms with Crippen LogP contribution >= 0.6 is 0 Å². The molecule has 0 aliphatic carbocycles. The summed E-state index contributed by atoms with van der Waals surface area (Å²) >= 11 is 0. The summed E-state index contributed by atoms with van der Waals surface area (Å²) in [5.74, 6) is 0.797. The Bertz CT molecular complexity index is 592. The first-order valence-electron chi connectivity index (χ1n) is 5.96. The van der Waals surface area contributed by atoms with Crippen LogP contribution in [0.1, 0.15) is 23.0 Å². The number of nitrogens with zero attached hydrogens (tertiary/aromatic N) is 1. The van der Waals surface area contributed by atoms with Gasteiger partial charge in [0.25, 0.3) is 5.91 Å². The van der Waals surface area contributed by atoms with Crippen molar-refractivity contribution < 1.29 is 9.53 Å². The number of benzene rings is 1. The number of carbonyl (C=O) groups is 1. The van der Waals surface area contributed by atoms with Crippen molar-refractivity contribution in [1.29, 1.82) is 0 Å². The number of hydrogen-bond donors (Lipinski definition) is 3. The van der Waals surface area contributed by atoms with Crippen molar-refractivity contribution in [3.05, 3.63) is 35.5 Å². The molecule has 0 saturated heterocycles. The molecule has 0 atom stereocenters. The Morgan fingerprint density at radius 1 is 1.47 bits per heavy atom. The van der Waals surface area contributed by atoms with Crippen LogP contribution in [0, 0.1) is 6.92 Å². The van der Waals surface area contributed by atoms with Crippen LogP contribution in [-0.2, 0) is 0 Å². The first-order valence-corrected chi connectivity index (χ1v) is 5.96. The van der Waals surface area contributed by atoms with Gasteiger partial charge in [0.05, 0.1) is 12.3 Å². The second-order valence-corrected chi connectivity index (χ2v) is 4.08. The third-order valence-electron chi connectivity index (χ3n) is 2.52. The third kappa shape index (κ3) is 3.04. The second kappa shape index (κ2) is 5.43. The summed E-state index contributed by atoms with van der Waals surface area (Å²) < 4.78 is 5.32. The fourth-order valence-corrected chi connectivity index (χ4v) is 1.65. The van der Waals surface area contributed by atoms with Crippen molar-refractivity contribution in [2.45, 2.75) is 13.8 Å². The summed E-state index contributed by atoms with van der Waals surface area (Å²) in [6, 6.07) is 6.68. The van der Waals surface area contributed by atoms with Gasteiger partial charge in [-0.25, -0.2) is 0 Å². The summed E-state index contributed by atoms with van der Waals surface area (Å²) in [6.07, 6.45) is 0. The lowest BCUT2D eigenvalue weighted by atomic mass is 10.1. The monoisotopic (exact) mass is 260 g/mol. The Labute approximate surface area is 111 Å². The van der Waals surface area contributed by atoms with Crippen LogP contribution in [0.3, 0.4) is 0 Å². The van der Waals surface area contributed by atoms with Crippen LogP contribution in [0.5, 0.6) is 5.75 Å². The maximum absolute atomic E-state index is 12.0.